The van der Waals surface area contributed by atoms with Crippen LogP contribution in [0.15, 0.2) is 24.3 Å². The van der Waals surface area contributed by atoms with Crippen molar-refractivity contribution in [1.82, 2.24) is 0 Å². The van der Waals surface area contributed by atoms with Crippen LogP contribution in [-0.2, 0) is 19.2 Å². The van der Waals surface area contributed by atoms with Crippen molar-refractivity contribution in [2.75, 3.05) is 4.90 Å². The Balaban J connectivity index is 2.57. The van der Waals surface area contributed by atoms with E-state index in [1.807, 2.05) is 0 Å². The molecule has 0 aliphatic carbocycles. The maximum Gasteiger partial charge on any atom is 0.302 e. The van der Waals surface area contributed by atoms with Crippen LogP contribution in [0.2, 0.25) is 0 Å². The molecule has 1 aliphatic heterocycles. The number of imide groups is 1. The molecule has 0 unspecified atom stereocenters. The maximum absolute atomic E-state index is 12.0. The van der Waals surface area contributed by atoms with Gasteiger partial charge < -0.3 is 0 Å². The maximum atomic E-state index is 12.0. The monoisotopic (exact) mass is 276 g/mol. The van der Waals surface area contributed by atoms with E-state index in [0.29, 0.717) is 4.90 Å². The number of carbonyl (C=O) groups excluding carboxylic acids is 4. The van der Waals surface area contributed by atoms with Gasteiger partial charge in [-0.1, -0.05) is 12.1 Å². The van der Waals surface area contributed by atoms with Crippen LogP contribution in [0, 0.1) is 16.0 Å². The number of Topliss-reactive ketones (excluding diaryl/α,β-unsaturated/α-hetero) is 2. The van der Waals surface area contributed by atoms with E-state index >= 15 is 0 Å². The molecule has 0 radical (unpaired) electrons. The van der Waals surface area contributed by atoms with Crippen molar-refractivity contribution >= 4 is 34.8 Å². The van der Waals surface area contributed by atoms with Crippen molar-refractivity contribution in [3.63, 3.8) is 0 Å². The second-order valence-corrected chi connectivity index (χ2v) is 4.13. The highest BCUT2D eigenvalue weighted by molar-refractivity contribution is 6.59. The average molecular weight is 276 g/mol. The van der Waals surface area contributed by atoms with Crippen LogP contribution in [0.25, 0.3) is 0 Å². The third-order valence-corrected chi connectivity index (χ3v) is 2.87. The average Bonchev–Trinajstić information content (AvgIpc) is 2.60. The molecule has 1 saturated heterocycles. The lowest BCUT2D eigenvalue weighted by molar-refractivity contribution is -0.384. The van der Waals surface area contributed by atoms with Crippen LogP contribution in [0.5, 0.6) is 0 Å². The molecular formula is C12H8N2O6. The summed E-state index contributed by atoms with van der Waals surface area (Å²) in [4.78, 5) is 57.2. The van der Waals surface area contributed by atoms with Gasteiger partial charge in [-0.05, 0) is 13.0 Å². The highest BCUT2D eigenvalue weighted by Crippen LogP contribution is 2.32. The second-order valence-electron chi connectivity index (χ2n) is 4.13. The topological polar surface area (TPSA) is 115 Å². The first-order valence-corrected chi connectivity index (χ1v) is 5.52. The number of carbonyl (C=O) groups is 4. The first kappa shape index (κ1) is 13.5. The minimum atomic E-state index is -1.71. The van der Waals surface area contributed by atoms with Gasteiger partial charge in [0.05, 0.1) is 4.92 Å². The zero-order valence-electron chi connectivity index (χ0n) is 10.2. The molecule has 1 fully saturated rings. The molecule has 1 aromatic carbocycles. The molecule has 1 aliphatic rings. The summed E-state index contributed by atoms with van der Waals surface area (Å²) in [5.74, 6) is -5.93. The Hall–Kier alpha value is -2.90. The van der Waals surface area contributed by atoms with Gasteiger partial charge in [-0.15, -0.1) is 0 Å². The van der Waals surface area contributed by atoms with Gasteiger partial charge in [0.2, 0.25) is 5.78 Å². The molecule has 20 heavy (non-hydrogen) atoms. The van der Waals surface area contributed by atoms with Crippen molar-refractivity contribution in [2.24, 2.45) is 5.92 Å². The zero-order valence-corrected chi connectivity index (χ0v) is 10.2. The van der Waals surface area contributed by atoms with E-state index in [1.54, 1.807) is 0 Å². The van der Waals surface area contributed by atoms with Gasteiger partial charge in [-0.3, -0.25) is 29.3 Å². The van der Waals surface area contributed by atoms with Gasteiger partial charge >= 0.3 is 5.91 Å². The van der Waals surface area contributed by atoms with Crippen LogP contribution in [0.4, 0.5) is 11.4 Å². The number of amides is 2. The zero-order chi connectivity index (χ0) is 15.0. The minimum absolute atomic E-state index is 0.315. The predicted molar refractivity (Wildman–Crippen MR) is 64.8 cm³/mol. The number of anilines is 1. The molecule has 8 heteroatoms. The predicted octanol–water partition coefficient (Wildman–Crippen LogP) is 0.242. The van der Waals surface area contributed by atoms with Crippen LogP contribution in [0.3, 0.4) is 0 Å². The van der Waals surface area contributed by atoms with Crippen molar-refractivity contribution < 1.29 is 24.1 Å². The number of nitro benzene ring substituents is 1. The summed E-state index contributed by atoms with van der Waals surface area (Å²) in [6.07, 6.45) is 0. The molecule has 0 aromatic heterocycles. The van der Waals surface area contributed by atoms with Crippen molar-refractivity contribution in [2.45, 2.75) is 6.92 Å². The molecule has 8 nitrogen and oxygen atoms in total. The summed E-state index contributed by atoms with van der Waals surface area (Å²) in [5, 5.41) is 10.9. The van der Waals surface area contributed by atoms with E-state index in [9.17, 15) is 29.3 Å². The lowest BCUT2D eigenvalue weighted by Gasteiger charge is -2.13. The highest BCUT2D eigenvalue weighted by atomic mass is 16.6. The molecule has 1 atom stereocenters. The smallest absolute Gasteiger partial charge is 0.299 e. The van der Waals surface area contributed by atoms with E-state index in [0.717, 1.165) is 13.0 Å². The largest absolute Gasteiger partial charge is 0.302 e. The molecule has 0 saturated carbocycles. The third kappa shape index (κ3) is 1.87. The fourth-order valence-electron chi connectivity index (χ4n) is 1.97. The summed E-state index contributed by atoms with van der Waals surface area (Å²) in [7, 11) is 0. The molecule has 2 rings (SSSR count). The van der Waals surface area contributed by atoms with E-state index in [1.165, 1.54) is 18.2 Å². The van der Waals surface area contributed by atoms with Gasteiger partial charge in [0.15, 0.2) is 5.92 Å². The molecule has 0 N–H and O–H groups in total. The van der Waals surface area contributed by atoms with Crippen LogP contribution in [0.1, 0.15) is 6.92 Å². The summed E-state index contributed by atoms with van der Waals surface area (Å²) in [5.41, 5.74) is -0.809. The minimum Gasteiger partial charge on any atom is -0.299 e. The molecule has 0 spiro atoms. The number of benzene rings is 1. The van der Waals surface area contributed by atoms with Gasteiger partial charge in [0, 0.05) is 6.07 Å². The van der Waals surface area contributed by atoms with E-state index in [-0.39, 0.29) is 5.69 Å². The highest BCUT2D eigenvalue weighted by Gasteiger charge is 2.51. The van der Waals surface area contributed by atoms with Crippen molar-refractivity contribution in [3.8, 4) is 0 Å². The summed E-state index contributed by atoms with van der Waals surface area (Å²) in [6.45, 7) is 1.01. The first-order chi connectivity index (χ1) is 9.36. The molecule has 1 aromatic rings. The van der Waals surface area contributed by atoms with Crippen LogP contribution >= 0.6 is 0 Å². The Morgan fingerprint density at radius 2 is 1.85 bits per heavy atom. The quantitative estimate of drug-likeness (QED) is 0.257. The van der Waals surface area contributed by atoms with Gasteiger partial charge in [-0.2, -0.15) is 0 Å². The fourth-order valence-corrected chi connectivity index (χ4v) is 1.97. The number of hydrogen-bond donors (Lipinski definition) is 0. The lowest BCUT2D eigenvalue weighted by Crippen LogP contribution is -2.32. The number of hydrogen-bond acceptors (Lipinski definition) is 6. The summed E-state index contributed by atoms with van der Waals surface area (Å²) in [6, 6.07) is 5.01. The Labute approximate surface area is 112 Å². The molecule has 0 bridgehead atoms. The number of nitrogens with zero attached hydrogens (tertiary/aromatic N) is 2. The molecular weight excluding hydrogens is 268 g/mol. The number of para-hydroxylation sites is 2. The van der Waals surface area contributed by atoms with Crippen molar-refractivity contribution in [3.05, 3.63) is 34.4 Å². The first-order valence-electron chi connectivity index (χ1n) is 5.52. The van der Waals surface area contributed by atoms with Crippen molar-refractivity contribution in [1.29, 1.82) is 0 Å². The van der Waals surface area contributed by atoms with E-state index in [4.69, 9.17) is 0 Å². The second kappa shape index (κ2) is 4.65. The lowest BCUT2D eigenvalue weighted by atomic mass is 10.0. The molecule has 2 amide bonds. The normalized spacial score (nSPS) is 18.6. The third-order valence-electron chi connectivity index (χ3n) is 2.87. The number of nitro groups is 1. The summed E-state index contributed by atoms with van der Waals surface area (Å²) >= 11 is 0. The van der Waals surface area contributed by atoms with E-state index < -0.39 is 39.9 Å². The number of rotatable bonds is 3. The Morgan fingerprint density at radius 1 is 1.25 bits per heavy atom. The van der Waals surface area contributed by atoms with E-state index in [2.05, 4.69) is 0 Å². The Bertz CT molecular complexity index is 666. The standard InChI is InChI=1S/C12H8N2O6/c1-6(15)9-10(16)12(18)13(11(9)17)7-4-2-3-5-8(7)14(19)20/h2-5,9H,1H3/t9-/m1/s1. The SMILES string of the molecule is CC(=O)[C@@H]1C(=O)C(=O)N(c2ccccc2[N+](=O)[O-])C1=O. The van der Waals surface area contributed by atoms with Gasteiger partial charge in [-0.25, -0.2) is 4.90 Å². The van der Waals surface area contributed by atoms with Gasteiger partial charge in [0.25, 0.3) is 11.6 Å². The summed E-state index contributed by atoms with van der Waals surface area (Å²) < 4.78 is 0. The molecule has 102 valence electrons. The van der Waals surface area contributed by atoms with Crippen LogP contribution in [-0.4, -0.2) is 28.3 Å². The van der Waals surface area contributed by atoms with Crippen LogP contribution < -0.4 is 4.90 Å². The van der Waals surface area contributed by atoms with Gasteiger partial charge in [0.1, 0.15) is 11.5 Å². The molecule has 1 heterocycles. The Kier molecular flexibility index (Phi) is 3.15. The number of ketones is 2. The Morgan fingerprint density at radius 3 is 2.35 bits per heavy atom. The fraction of sp³-hybridized carbons (Fsp3) is 0.167.